The number of carbonyl (C=O) groups excluding carboxylic acids is 1. The van der Waals surface area contributed by atoms with Gasteiger partial charge in [0, 0.05) is 37.6 Å². The Labute approximate surface area is 209 Å². The van der Waals surface area contributed by atoms with Gasteiger partial charge in [0.25, 0.3) is 11.5 Å². The molecule has 1 amide bonds. The van der Waals surface area contributed by atoms with Crippen LogP contribution in [-0.2, 0) is 13.1 Å². The zero-order chi connectivity index (χ0) is 24.4. The second-order valence-electron chi connectivity index (χ2n) is 9.18. The Hall–Kier alpha value is -3.16. The summed E-state index contributed by atoms with van der Waals surface area (Å²) in [6.45, 7) is 5.38. The molecule has 1 unspecified atom stereocenters. The van der Waals surface area contributed by atoms with E-state index in [1.165, 1.54) is 16.9 Å². The predicted octanol–water partition coefficient (Wildman–Crippen LogP) is 5.03. The summed E-state index contributed by atoms with van der Waals surface area (Å²) in [5, 5.41) is 4.69. The first-order chi connectivity index (χ1) is 17.1. The zero-order valence-corrected chi connectivity index (χ0v) is 21.1. The number of pyridine rings is 1. The Morgan fingerprint density at radius 1 is 1.14 bits per heavy atom. The summed E-state index contributed by atoms with van der Waals surface area (Å²) in [5.74, 6) is 0.223. The first kappa shape index (κ1) is 23.6. The molecule has 0 saturated carbocycles. The van der Waals surface area contributed by atoms with Gasteiger partial charge >= 0.3 is 0 Å². The predicted molar refractivity (Wildman–Crippen MR) is 143 cm³/mol. The fourth-order valence-electron chi connectivity index (χ4n) is 5.01. The second-order valence-corrected chi connectivity index (χ2v) is 10.2. The van der Waals surface area contributed by atoms with E-state index in [1.54, 1.807) is 7.11 Å². The number of ether oxygens (including phenoxy) is 1. The molecule has 35 heavy (non-hydrogen) atoms. The molecule has 2 aromatic heterocycles. The molecule has 0 radical (unpaired) electrons. The van der Waals surface area contributed by atoms with Crippen molar-refractivity contribution in [1.82, 2.24) is 14.8 Å². The molecular weight excluding hydrogens is 458 g/mol. The van der Waals surface area contributed by atoms with Gasteiger partial charge in [-0.1, -0.05) is 61.9 Å². The lowest BCUT2D eigenvalue weighted by atomic mass is 10.1. The van der Waals surface area contributed by atoms with Gasteiger partial charge < -0.3 is 14.6 Å². The first-order valence-corrected chi connectivity index (χ1v) is 13.1. The average Bonchev–Trinajstić information content (AvgIpc) is 3.49. The number of rotatable bonds is 8. The molecule has 1 saturated heterocycles. The highest BCUT2D eigenvalue weighted by molar-refractivity contribution is 7.22. The van der Waals surface area contributed by atoms with Crippen molar-refractivity contribution in [2.75, 3.05) is 20.2 Å². The normalized spacial score (nSPS) is 16.2. The van der Waals surface area contributed by atoms with Gasteiger partial charge in [0.2, 0.25) is 0 Å². The van der Waals surface area contributed by atoms with E-state index < -0.39 is 0 Å². The molecule has 3 heterocycles. The van der Waals surface area contributed by atoms with Crippen molar-refractivity contribution >= 4 is 38.2 Å². The maximum Gasteiger partial charge on any atom is 0.265 e. The van der Waals surface area contributed by atoms with Gasteiger partial charge in [-0.15, -0.1) is 11.3 Å². The Bertz CT molecular complexity index is 1410. The number of hydrogen-bond acceptors (Lipinski definition) is 5. The van der Waals surface area contributed by atoms with E-state index in [2.05, 4.69) is 41.4 Å². The Morgan fingerprint density at radius 3 is 2.69 bits per heavy atom. The first-order valence-electron chi connectivity index (χ1n) is 12.3. The van der Waals surface area contributed by atoms with Crippen LogP contribution < -0.4 is 15.6 Å². The van der Waals surface area contributed by atoms with Gasteiger partial charge in [0.05, 0.1) is 17.3 Å². The molecule has 182 valence electrons. The molecule has 5 rings (SSSR count). The zero-order valence-electron chi connectivity index (χ0n) is 20.3. The van der Waals surface area contributed by atoms with Crippen LogP contribution in [0.4, 0.5) is 0 Å². The summed E-state index contributed by atoms with van der Waals surface area (Å²) < 4.78 is 8.35. The number of methoxy groups -OCH3 is 1. The topological polar surface area (TPSA) is 63.6 Å². The van der Waals surface area contributed by atoms with E-state index in [0.29, 0.717) is 22.6 Å². The largest absolute Gasteiger partial charge is 0.494 e. The maximum atomic E-state index is 13.6. The SMILES string of the molecule is CCCCn1c(=O)c2c(OC)c(C(=O)NC3CCN(Cc4ccccc4)C3)sc2c2ccccc21. The van der Waals surface area contributed by atoms with Crippen molar-refractivity contribution in [2.45, 2.75) is 45.3 Å². The highest BCUT2D eigenvalue weighted by Crippen LogP contribution is 2.39. The van der Waals surface area contributed by atoms with Crippen LogP contribution in [0.1, 0.15) is 41.4 Å². The number of amides is 1. The lowest BCUT2D eigenvalue weighted by Crippen LogP contribution is -2.36. The number of fused-ring (bicyclic) bond motifs is 3. The number of hydrogen-bond donors (Lipinski definition) is 1. The number of aromatic nitrogens is 1. The number of unbranched alkanes of at least 4 members (excludes halogenated alkanes) is 1. The lowest BCUT2D eigenvalue weighted by molar-refractivity contribution is 0.0939. The van der Waals surface area contributed by atoms with Crippen LogP contribution in [-0.4, -0.2) is 41.6 Å². The van der Waals surface area contributed by atoms with Crippen LogP contribution in [0.5, 0.6) is 5.75 Å². The molecule has 0 bridgehead atoms. The summed E-state index contributed by atoms with van der Waals surface area (Å²) in [4.78, 5) is 29.8. The van der Waals surface area contributed by atoms with Crippen molar-refractivity contribution in [2.24, 2.45) is 0 Å². The monoisotopic (exact) mass is 489 g/mol. The quantitative estimate of drug-likeness (QED) is 0.377. The van der Waals surface area contributed by atoms with E-state index >= 15 is 0 Å². The third-order valence-electron chi connectivity index (χ3n) is 6.77. The number of nitrogens with one attached hydrogen (secondary N) is 1. The minimum Gasteiger partial charge on any atom is -0.494 e. The highest BCUT2D eigenvalue weighted by Gasteiger charge is 2.29. The van der Waals surface area contributed by atoms with Crippen LogP contribution in [0.2, 0.25) is 0 Å². The van der Waals surface area contributed by atoms with Crippen molar-refractivity contribution < 1.29 is 9.53 Å². The van der Waals surface area contributed by atoms with Crippen molar-refractivity contribution in [3.8, 4) is 5.75 Å². The van der Waals surface area contributed by atoms with Crippen LogP contribution >= 0.6 is 11.3 Å². The van der Waals surface area contributed by atoms with E-state index in [-0.39, 0.29) is 17.5 Å². The molecule has 1 atom stereocenters. The molecule has 1 aliphatic heterocycles. The fourth-order valence-corrected chi connectivity index (χ4v) is 6.21. The summed E-state index contributed by atoms with van der Waals surface area (Å²) >= 11 is 1.36. The molecule has 1 fully saturated rings. The molecular formula is C28H31N3O3S. The number of aryl methyl sites for hydroxylation is 1. The second kappa shape index (κ2) is 10.2. The molecule has 6 nitrogen and oxygen atoms in total. The number of benzene rings is 2. The summed E-state index contributed by atoms with van der Waals surface area (Å²) in [6.07, 6.45) is 2.81. The third kappa shape index (κ3) is 4.58. The van der Waals surface area contributed by atoms with E-state index in [9.17, 15) is 9.59 Å². The minimum absolute atomic E-state index is 0.0686. The molecule has 7 heteroatoms. The van der Waals surface area contributed by atoms with Crippen molar-refractivity contribution in [3.05, 3.63) is 75.4 Å². The van der Waals surface area contributed by atoms with Crippen LogP contribution in [0.25, 0.3) is 21.0 Å². The Morgan fingerprint density at radius 2 is 1.91 bits per heavy atom. The van der Waals surface area contributed by atoms with Crippen molar-refractivity contribution in [1.29, 1.82) is 0 Å². The Kier molecular flexibility index (Phi) is 6.88. The lowest BCUT2D eigenvalue weighted by Gasteiger charge is -2.16. The summed E-state index contributed by atoms with van der Waals surface area (Å²) in [6, 6.07) is 18.4. The average molecular weight is 490 g/mol. The summed E-state index contributed by atoms with van der Waals surface area (Å²) in [7, 11) is 1.54. The van der Waals surface area contributed by atoms with Crippen molar-refractivity contribution in [3.63, 3.8) is 0 Å². The number of carbonyl (C=O) groups is 1. The van der Waals surface area contributed by atoms with E-state index in [0.717, 1.165) is 54.5 Å². The maximum absolute atomic E-state index is 13.6. The van der Waals surface area contributed by atoms with Crippen LogP contribution in [0.15, 0.2) is 59.4 Å². The minimum atomic E-state index is -0.168. The highest BCUT2D eigenvalue weighted by atomic mass is 32.1. The number of nitrogens with zero attached hydrogens (tertiary/aromatic N) is 2. The molecule has 2 aromatic carbocycles. The van der Waals surface area contributed by atoms with Gasteiger partial charge in [0.15, 0.2) is 5.75 Å². The fraction of sp³-hybridized carbons (Fsp3) is 0.357. The van der Waals surface area contributed by atoms with E-state index in [1.807, 2.05) is 34.9 Å². The third-order valence-corrected chi connectivity index (χ3v) is 7.97. The smallest absolute Gasteiger partial charge is 0.265 e. The standard InChI is InChI=1S/C28H31N3O3S/c1-3-4-15-31-22-13-9-8-12-21(22)25-23(28(31)33)24(34-2)26(35-25)27(32)29-20-14-16-30(18-20)17-19-10-6-5-7-11-19/h5-13,20H,3-4,14-18H2,1-2H3,(H,29,32). The molecule has 0 aliphatic carbocycles. The van der Waals surface area contributed by atoms with Gasteiger partial charge in [-0.05, 0) is 24.5 Å². The van der Waals surface area contributed by atoms with Gasteiger partial charge in [0.1, 0.15) is 10.3 Å². The number of likely N-dealkylation sites (tertiary alicyclic amines) is 1. The van der Waals surface area contributed by atoms with Gasteiger partial charge in [-0.3, -0.25) is 14.5 Å². The molecule has 4 aromatic rings. The van der Waals surface area contributed by atoms with Gasteiger partial charge in [-0.2, -0.15) is 0 Å². The molecule has 1 aliphatic rings. The van der Waals surface area contributed by atoms with Crippen LogP contribution in [0.3, 0.4) is 0 Å². The van der Waals surface area contributed by atoms with Crippen LogP contribution in [0, 0.1) is 0 Å². The molecule has 0 spiro atoms. The number of para-hydroxylation sites is 1. The Balaban J connectivity index is 1.44. The molecule has 1 N–H and O–H groups in total. The summed E-state index contributed by atoms with van der Waals surface area (Å²) in [5.41, 5.74) is 2.09. The van der Waals surface area contributed by atoms with E-state index in [4.69, 9.17) is 4.74 Å². The number of thiophene rings is 1. The van der Waals surface area contributed by atoms with Gasteiger partial charge in [-0.25, -0.2) is 0 Å².